The van der Waals surface area contributed by atoms with Crippen LogP contribution in [-0.4, -0.2) is 47.0 Å². The number of carboxylic acid groups (broad SMARTS) is 1. The molecule has 0 aliphatic heterocycles. The standard InChI is InChI=1S/C13H23N3O4/c1-9(2)16(7-10(14)17)12(20)15-8-13(4-3-5-13)6-11(18)19/h9H,3-8H2,1-2H3,(H2,14,17)(H,15,20)(H,18,19). The number of urea groups is 1. The van der Waals surface area contributed by atoms with Gasteiger partial charge in [0.1, 0.15) is 6.54 Å². The number of hydrogen-bond donors (Lipinski definition) is 3. The Hall–Kier alpha value is -1.79. The molecule has 3 amide bonds. The van der Waals surface area contributed by atoms with Crippen molar-refractivity contribution < 1.29 is 19.5 Å². The van der Waals surface area contributed by atoms with E-state index in [4.69, 9.17) is 10.8 Å². The minimum absolute atomic E-state index is 0.0603. The lowest BCUT2D eigenvalue weighted by Crippen LogP contribution is -2.51. The molecule has 7 nitrogen and oxygen atoms in total. The molecule has 0 unspecified atom stereocenters. The summed E-state index contributed by atoms with van der Waals surface area (Å²) >= 11 is 0. The van der Waals surface area contributed by atoms with Crippen LogP contribution in [0, 0.1) is 5.41 Å². The summed E-state index contributed by atoms with van der Waals surface area (Å²) in [5.41, 5.74) is 4.78. The van der Waals surface area contributed by atoms with E-state index in [1.165, 1.54) is 4.90 Å². The Morgan fingerprint density at radius 1 is 1.35 bits per heavy atom. The van der Waals surface area contributed by atoms with Crippen molar-refractivity contribution >= 4 is 17.9 Å². The fraction of sp³-hybridized carbons (Fsp3) is 0.769. The van der Waals surface area contributed by atoms with Crippen LogP contribution in [0.3, 0.4) is 0 Å². The van der Waals surface area contributed by atoms with E-state index in [1.807, 2.05) is 0 Å². The van der Waals surface area contributed by atoms with E-state index < -0.39 is 11.9 Å². The van der Waals surface area contributed by atoms with Crippen LogP contribution >= 0.6 is 0 Å². The maximum absolute atomic E-state index is 12.1. The summed E-state index contributed by atoms with van der Waals surface area (Å²) in [4.78, 5) is 35.2. The number of nitrogens with two attached hydrogens (primary N) is 1. The molecule has 0 heterocycles. The number of nitrogens with one attached hydrogen (secondary N) is 1. The van der Waals surface area contributed by atoms with Gasteiger partial charge in [-0.25, -0.2) is 4.79 Å². The highest BCUT2D eigenvalue weighted by Crippen LogP contribution is 2.43. The molecule has 0 saturated heterocycles. The van der Waals surface area contributed by atoms with E-state index in [0.717, 1.165) is 19.3 Å². The monoisotopic (exact) mass is 285 g/mol. The normalized spacial score (nSPS) is 16.4. The van der Waals surface area contributed by atoms with Gasteiger partial charge in [-0.1, -0.05) is 6.42 Å². The molecule has 0 radical (unpaired) electrons. The van der Waals surface area contributed by atoms with Gasteiger partial charge in [0.05, 0.1) is 6.42 Å². The van der Waals surface area contributed by atoms with Crippen molar-refractivity contribution in [2.75, 3.05) is 13.1 Å². The van der Waals surface area contributed by atoms with Crippen LogP contribution in [0.15, 0.2) is 0 Å². The molecule has 1 fully saturated rings. The maximum Gasteiger partial charge on any atom is 0.318 e. The zero-order valence-corrected chi connectivity index (χ0v) is 12.0. The molecule has 1 rings (SSSR count). The second-order valence-electron chi connectivity index (χ2n) is 5.77. The van der Waals surface area contributed by atoms with E-state index in [0.29, 0.717) is 6.54 Å². The molecule has 0 bridgehead atoms. The van der Waals surface area contributed by atoms with Gasteiger partial charge < -0.3 is 21.1 Å². The summed E-state index contributed by atoms with van der Waals surface area (Å²) in [6.07, 6.45) is 2.65. The Morgan fingerprint density at radius 3 is 2.30 bits per heavy atom. The first-order chi connectivity index (χ1) is 9.26. The molecule has 7 heteroatoms. The summed E-state index contributed by atoms with van der Waals surface area (Å²) in [5.74, 6) is -1.42. The molecule has 4 N–H and O–H groups in total. The fourth-order valence-electron chi connectivity index (χ4n) is 2.44. The second-order valence-corrected chi connectivity index (χ2v) is 5.77. The van der Waals surface area contributed by atoms with Crippen molar-refractivity contribution in [3.8, 4) is 0 Å². The molecule has 0 aromatic carbocycles. The van der Waals surface area contributed by atoms with Crippen molar-refractivity contribution in [3.05, 3.63) is 0 Å². The molecule has 0 atom stereocenters. The summed E-state index contributed by atoms with van der Waals surface area (Å²) in [7, 11) is 0. The van der Waals surface area contributed by atoms with Crippen LogP contribution in [0.4, 0.5) is 4.79 Å². The third kappa shape index (κ3) is 4.40. The molecule has 0 spiro atoms. The average molecular weight is 285 g/mol. The molecule has 20 heavy (non-hydrogen) atoms. The topological polar surface area (TPSA) is 113 Å². The van der Waals surface area contributed by atoms with E-state index >= 15 is 0 Å². The van der Waals surface area contributed by atoms with Gasteiger partial charge in [-0.05, 0) is 32.1 Å². The Bertz CT molecular complexity index is 391. The third-order valence-corrected chi connectivity index (χ3v) is 3.77. The molecule has 0 aromatic heterocycles. The van der Waals surface area contributed by atoms with Crippen LogP contribution in [0.2, 0.25) is 0 Å². The number of rotatable bonds is 7. The molecule has 1 aliphatic carbocycles. The van der Waals surface area contributed by atoms with Gasteiger partial charge in [0.2, 0.25) is 5.91 Å². The van der Waals surface area contributed by atoms with Crippen LogP contribution in [0.25, 0.3) is 0 Å². The predicted octanol–water partition coefficient (Wildman–Crippen LogP) is 0.537. The van der Waals surface area contributed by atoms with E-state index in [1.54, 1.807) is 13.8 Å². The molecule has 114 valence electrons. The van der Waals surface area contributed by atoms with Crippen molar-refractivity contribution in [3.63, 3.8) is 0 Å². The van der Waals surface area contributed by atoms with E-state index in [9.17, 15) is 14.4 Å². The number of carboxylic acids is 1. The van der Waals surface area contributed by atoms with Crippen LogP contribution in [0.1, 0.15) is 39.5 Å². The number of amides is 3. The van der Waals surface area contributed by atoms with Gasteiger partial charge in [0, 0.05) is 12.6 Å². The highest BCUT2D eigenvalue weighted by Gasteiger charge is 2.39. The predicted molar refractivity (Wildman–Crippen MR) is 73.0 cm³/mol. The number of nitrogens with zero attached hydrogens (tertiary/aromatic N) is 1. The molecular formula is C13H23N3O4. The number of carbonyl (C=O) groups is 3. The first-order valence-corrected chi connectivity index (χ1v) is 6.80. The van der Waals surface area contributed by atoms with Crippen molar-refractivity contribution in [1.82, 2.24) is 10.2 Å². The smallest absolute Gasteiger partial charge is 0.318 e. The van der Waals surface area contributed by atoms with Crippen molar-refractivity contribution in [2.45, 2.75) is 45.6 Å². The van der Waals surface area contributed by atoms with Crippen molar-refractivity contribution in [2.24, 2.45) is 11.1 Å². The number of carbonyl (C=O) groups excluding carboxylic acids is 2. The molecule has 1 aliphatic rings. The Morgan fingerprint density at radius 2 is 1.95 bits per heavy atom. The van der Waals surface area contributed by atoms with E-state index in [-0.39, 0.29) is 30.5 Å². The largest absolute Gasteiger partial charge is 0.481 e. The zero-order chi connectivity index (χ0) is 15.3. The quantitative estimate of drug-likeness (QED) is 0.633. The van der Waals surface area contributed by atoms with Crippen molar-refractivity contribution in [1.29, 1.82) is 0 Å². The Balaban J connectivity index is 2.55. The molecule has 1 saturated carbocycles. The molecular weight excluding hydrogens is 262 g/mol. The highest BCUT2D eigenvalue weighted by atomic mass is 16.4. The average Bonchev–Trinajstić information content (AvgIpc) is 2.27. The molecule has 0 aromatic rings. The fourth-order valence-corrected chi connectivity index (χ4v) is 2.44. The van der Waals surface area contributed by atoms with E-state index in [2.05, 4.69) is 5.32 Å². The lowest BCUT2D eigenvalue weighted by Gasteiger charge is -2.41. The SMILES string of the molecule is CC(C)N(CC(N)=O)C(=O)NCC1(CC(=O)O)CCC1. The van der Waals surface area contributed by atoms with Gasteiger partial charge in [-0.3, -0.25) is 9.59 Å². The first-order valence-electron chi connectivity index (χ1n) is 6.80. The Kier molecular flexibility index (Phi) is 5.35. The summed E-state index contributed by atoms with van der Waals surface area (Å²) in [6.45, 7) is 3.76. The maximum atomic E-state index is 12.1. The Labute approximate surface area is 118 Å². The minimum Gasteiger partial charge on any atom is -0.481 e. The summed E-state index contributed by atoms with van der Waals surface area (Å²) in [6, 6.07) is -0.533. The minimum atomic E-state index is -0.850. The van der Waals surface area contributed by atoms with Gasteiger partial charge in [-0.15, -0.1) is 0 Å². The first kappa shape index (κ1) is 16.3. The lowest BCUT2D eigenvalue weighted by molar-refractivity contribution is -0.141. The van der Waals surface area contributed by atoms with Crippen LogP contribution in [0.5, 0.6) is 0 Å². The van der Waals surface area contributed by atoms with Crippen LogP contribution < -0.4 is 11.1 Å². The number of aliphatic carboxylic acids is 1. The van der Waals surface area contributed by atoms with Gasteiger partial charge >= 0.3 is 12.0 Å². The third-order valence-electron chi connectivity index (χ3n) is 3.77. The lowest BCUT2D eigenvalue weighted by atomic mass is 9.66. The van der Waals surface area contributed by atoms with Gasteiger partial charge in [0.15, 0.2) is 0 Å². The van der Waals surface area contributed by atoms with Gasteiger partial charge in [0.25, 0.3) is 0 Å². The zero-order valence-electron chi connectivity index (χ0n) is 12.0. The second kappa shape index (κ2) is 6.58. The van der Waals surface area contributed by atoms with Crippen LogP contribution in [-0.2, 0) is 9.59 Å². The summed E-state index contributed by atoms with van der Waals surface area (Å²) < 4.78 is 0. The number of hydrogen-bond acceptors (Lipinski definition) is 3. The van der Waals surface area contributed by atoms with Gasteiger partial charge in [-0.2, -0.15) is 0 Å². The number of primary amides is 1. The summed E-state index contributed by atoms with van der Waals surface area (Å²) in [5, 5.41) is 11.6. The highest BCUT2D eigenvalue weighted by molar-refractivity contribution is 5.83.